The van der Waals surface area contributed by atoms with Crippen molar-refractivity contribution in [2.45, 2.75) is 31.7 Å². The number of fused-ring (bicyclic) bond motifs is 1. The molecule has 0 spiro atoms. The van der Waals surface area contributed by atoms with Gasteiger partial charge in [-0.15, -0.1) is 11.3 Å². The zero-order valence-electron chi connectivity index (χ0n) is 11.4. The highest BCUT2D eigenvalue weighted by molar-refractivity contribution is 7.15. The summed E-state index contributed by atoms with van der Waals surface area (Å²) in [6.07, 6.45) is 2.77. The lowest BCUT2D eigenvalue weighted by atomic mass is 9.99. The number of anilines is 1. The van der Waals surface area contributed by atoms with Crippen molar-refractivity contribution in [3.8, 4) is 0 Å². The lowest BCUT2D eigenvalue weighted by Gasteiger charge is -2.15. The van der Waals surface area contributed by atoms with E-state index in [1.807, 2.05) is 0 Å². The summed E-state index contributed by atoms with van der Waals surface area (Å²) >= 11 is 1.48. The van der Waals surface area contributed by atoms with Crippen LogP contribution >= 0.6 is 11.3 Å². The first-order valence-electron chi connectivity index (χ1n) is 6.88. The largest absolute Gasteiger partial charge is 0.327 e. The fourth-order valence-electron chi connectivity index (χ4n) is 2.45. The number of carbonyl (C=O) groups is 1. The predicted octanol–water partition coefficient (Wildman–Crippen LogP) is 2.28. The lowest BCUT2D eigenvalue weighted by molar-refractivity contribution is -0.115. The first-order valence-corrected chi connectivity index (χ1v) is 7.70. The van der Waals surface area contributed by atoms with E-state index in [-0.39, 0.29) is 24.2 Å². The molecule has 3 rings (SSSR count). The first-order chi connectivity index (χ1) is 10.1. The summed E-state index contributed by atoms with van der Waals surface area (Å²) in [6, 6.07) is 6.25. The third-order valence-electron chi connectivity index (χ3n) is 3.48. The number of nitrogens with one attached hydrogen (secondary N) is 1. The number of benzene rings is 1. The number of aryl methyl sites for hydroxylation is 1. The van der Waals surface area contributed by atoms with Crippen LogP contribution in [-0.4, -0.2) is 16.9 Å². The van der Waals surface area contributed by atoms with E-state index in [1.54, 1.807) is 12.1 Å². The molecule has 0 saturated heterocycles. The summed E-state index contributed by atoms with van der Waals surface area (Å²) in [4.78, 5) is 17.6. The number of amides is 1. The van der Waals surface area contributed by atoms with E-state index in [0.717, 1.165) is 29.8 Å². The molecule has 2 aromatic rings. The predicted molar refractivity (Wildman–Crippen MR) is 80.8 cm³/mol. The SMILES string of the molecule is N[C@H]1CCc2nc(NC(=O)Cc3cccc(F)c3)sc2C1. The molecular formula is C15H16FN3OS. The molecule has 0 bridgehead atoms. The number of nitrogens with zero attached hydrogens (tertiary/aromatic N) is 1. The Morgan fingerprint density at radius 3 is 3.19 bits per heavy atom. The molecule has 3 N–H and O–H groups in total. The minimum Gasteiger partial charge on any atom is -0.327 e. The summed E-state index contributed by atoms with van der Waals surface area (Å²) in [7, 11) is 0. The van der Waals surface area contributed by atoms with E-state index in [0.29, 0.717) is 10.7 Å². The van der Waals surface area contributed by atoms with Gasteiger partial charge < -0.3 is 11.1 Å². The van der Waals surface area contributed by atoms with Gasteiger partial charge in [0, 0.05) is 10.9 Å². The van der Waals surface area contributed by atoms with Crippen LogP contribution in [0.1, 0.15) is 22.6 Å². The van der Waals surface area contributed by atoms with Crippen LogP contribution in [0, 0.1) is 5.82 Å². The van der Waals surface area contributed by atoms with Crippen LogP contribution < -0.4 is 11.1 Å². The van der Waals surface area contributed by atoms with Gasteiger partial charge in [0.1, 0.15) is 5.82 Å². The second kappa shape index (κ2) is 5.91. The average Bonchev–Trinajstić information content (AvgIpc) is 2.79. The number of thiazole rings is 1. The van der Waals surface area contributed by atoms with Crippen LogP contribution in [0.25, 0.3) is 0 Å². The molecule has 6 heteroatoms. The van der Waals surface area contributed by atoms with Gasteiger partial charge >= 0.3 is 0 Å². The molecular weight excluding hydrogens is 289 g/mol. The molecule has 0 aliphatic heterocycles. The molecule has 1 aromatic carbocycles. The maximum atomic E-state index is 13.1. The highest BCUT2D eigenvalue weighted by Gasteiger charge is 2.20. The molecule has 1 aromatic heterocycles. The number of rotatable bonds is 3. The Morgan fingerprint density at radius 1 is 1.52 bits per heavy atom. The highest BCUT2D eigenvalue weighted by Crippen LogP contribution is 2.29. The molecule has 1 atom stereocenters. The van der Waals surface area contributed by atoms with Crippen molar-refractivity contribution in [2.24, 2.45) is 5.73 Å². The first kappa shape index (κ1) is 14.2. The smallest absolute Gasteiger partial charge is 0.230 e. The van der Waals surface area contributed by atoms with E-state index in [1.165, 1.54) is 23.5 Å². The second-order valence-electron chi connectivity index (χ2n) is 5.25. The van der Waals surface area contributed by atoms with Gasteiger partial charge in [-0.3, -0.25) is 4.79 Å². The Labute approximate surface area is 126 Å². The van der Waals surface area contributed by atoms with Gasteiger partial charge in [-0.05, 0) is 37.0 Å². The highest BCUT2D eigenvalue weighted by atomic mass is 32.1. The van der Waals surface area contributed by atoms with Crippen LogP contribution in [0.4, 0.5) is 9.52 Å². The Morgan fingerprint density at radius 2 is 2.38 bits per heavy atom. The fourth-order valence-corrected chi connectivity index (χ4v) is 3.57. The van der Waals surface area contributed by atoms with Crippen LogP contribution in [0.3, 0.4) is 0 Å². The van der Waals surface area contributed by atoms with Crippen molar-refractivity contribution in [3.63, 3.8) is 0 Å². The molecule has 21 heavy (non-hydrogen) atoms. The van der Waals surface area contributed by atoms with Gasteiger partial charge in [-0.1, -0.05) is 12.1 Å². The number of halogens is 1. The maximum absolute atomic E-state index is 13.1. The molecule has 110 valence electrons. The molecule has 0 saturated carbocycles. The van der Waals surface area contributed by atoms with E-state index in [2.05, 4.69) is 10.3 Å². The Bertz CT molecular complexity index is 671. The topological polar surface area (TPSA) is 68.0 Å². The molecule has 0 unspecified atom stereocenters. The van der Waals surface area contributed by atoms with E-state index >= 15 is 0 Å². The summed E-state index contributed by atoms with van der Waals surface area (Å²) in [5.74, 6) is -0.519. The quantitative estimate of drug-likeness (QED) is 0.914. The molecule has 1 aliphatic rings. The van der Waals surface area contributed by atoms with Crippen molar-refractivity contribution in [1.82, 2.24) is 4.98 Å². The lowest BCUT2D eigenvalue weighted by Crippen LogP contribution is -2.27. The molecule has 1 amide bonds. The molecule has 0 radical (unpaired) electrons. The molecule has 1 aliphatic carbocycles. The van der Waals surface area contributed by atoms with Gasteiger partial charge in [-0.2, -0.15) is 0 Å². The number of hydrogen-bond donors (Lipinski definition) is 2. The number of aromatic nitrogens is 1. The maximum Gasteiger partial charge on any atom is 0.230 e. The van der Waals surface area contributed by atoms with E-state index in [4.69, 9.17) is 5.73 Å². The summed E-state index contributed by atoms with van der Waals surface area (Å²) in [6.45, 7) is 0. The zero-order chi connectivity index (χ0) is 14.8. The van der Waals surface area contributed by atoms with Crippen molar-refractivity contribution >= 4 is 22.4 Å². The Balaban J connectivity index is 1.65. The Hall–Kier alpha value is -1.79. The van der Waals surface area contributed by atoms with Gasteiger partial charge in [0.15, 0.2) is 5.13 Å². The number of carbonyl (C=O) groups excluding carboxylic acids is 1. The minimum atomic E-state index is -0.334. The van der Waals surface area contributed by atoms with E-state index < -0.39 is 0 Å². The van der Waals surface area contributed by atoms with Gasteiger partial charge in [0.25, 0.3) is 0 Å². The van der Waals surface area contributed by atoms with Gasteiger partial charge in [0.2, 0.25) is 5.91 Å². The fraction of sp³-hybridized carbons (Fsp3) is 0.333. The second-order valence-corrected chi connectivity index (χ2v) is 6.33. The molecule has 0 fully saturated rings. The van der Waals surface area contributed by atoms with Gasteiger partial charge in [-0.25, -0.2) is 9.37 Å². The Kier molecular flexibility index (Phi) is 3.98. The number of nitrogens with two attached hydrogens (primary N) is 1. The van der Waals surface area contributed by atoms with Gasteiger partial charge in [0.05, 0.1) is 12.1 Å². The monoisotopic (exact) mass is 305 g/mol. The third kappa shape index (κ3) is 3.46. The van der Waals surface area contributed by atoms with Crippen molar-refractivity contribution in [2.75, 3.05) is 5.32 Å². The van der Waals surface area contributed by atoms with Crippen molar-refractivity contribution in [3.05, 3.63) is 46.2 Å². The average molecular weight is 305 g/mol. The third-order valence-corrected chi connectivity index (χ3v) is 4.51. The van der Waals surface area contributed by atoms with Crippen molar-refractivity contribution in [1.29, 1.82) is 0 Å². The minimum absolute atomic E-state index is 0.140. The molecule has 1 heterocycles. The standard InChI is InChI=1S/C15H16FN3OS/c16-10-3-1-2-9(6-10)7-14(20)19-15-18-12-5-4-11(17)8-13(12)21-15/h1-3,6,11H,4-5,7-8,17H2,(H,18,19,20)/t11-/m0/s1. The van der Waals surface area contributed by atoms with Crippen LogP contribution in [0.2, 0.25) is 0 Å². The van der Waals surface area contributed by atoms with Crippen molar-refractivity contribution < 1.29 is 9.18 Å². The van der Waals surface area contributed by atoms with Crippen LogP contribution in [-0.2, 0) is 24.1 Å². The van der Waals surface area contributed by atoms with E-state index in [9.17, 15) is 9.18 Å². The normalized spacial score (nSPS) is 17.3. The summed E-state index contributed by atoms with van der Waals surface area (Å²) in [5.41, 5.74) is 7.63. The number of hydrogen-bond acceptors (Lipinski definition) is 4. The summed E-state index contributed by atoms with van der Waals surface area (Å²) in [5, 5.41) is 3.39. The summed E-state index contributed by atoms with van der Waals surface area (Å²) < 4.78 is 13.1. The van der Waals surface area contributed by atoms with Crippen LogP contribution in [0.15, 0.2) is 24.3 Å². The zero-order valence-corrected chi connectivity index (χ0v) is 12.3. The van der Waals surface area contributed by atoms with Crippen LogP contribution in [0.5, 0.6) is 0 Å². The molecule has 4 nitrogen and oxygen atoms in total.